The number of aromatic nitrogens is 2. The third kappa shape index (κ3) is 4.48. The highest BCUT2D eigenvalue weighted by Crippen LogP contribution is 2.24. The summed E-state index contributed by atoms with van der Waals surface area (Å²) >= 11 is 3.82. The van der Waals surface area contributed by atoms with E-state index in [1.165, 1.54) is 5.56 Å². The Labute approximate surface area is 187 Å². The summed E-state index contributed by atoms with van der Waals surface area (Å²) in [5.74, 6) is 1.59. The summed E-state index contributed by atoms with van der Waals surface area (Å²) in [6.07, 6.45) is 0.911. The summed E-state index contributed by atoms with van der Waals surface area (Å²) in [5.41, 5.74) is 2.73. The molecule has 0 unspecified atom stereocenters. The van der Waals surface area contributed by atoms with Crippen molar-refractivity contribution in [2.24, 2.45) is 0 Å². The van der Waals surface area contributed by atoms with Gasteiger partial charge in [0.1, 0.15) is 5.75 Å². The fourth-order valence-corrected chi connectivity index (χ4v) is 4.59. The molecule has 0 saturated carbocycles. The van der Waals surface area contributed by atoms with Crippen LogP contribution in [-0.4, -0.2) is 22.4 Å². The minimum Gasteiger partial charge on any atom is -0.497 e. The number of benzene rings is 3. The Kier molecular flexibility index (Phi) is 6.20. The number of fused-ring (bicyclic) bond motifs is 1. The van der Waals surface area contributed by atoms with Crippen molar-refractivity contribution in [2.45, 2.75) is 11.6 Å². The van der Waals surface area contributed by atoms with Gasteiger partial charge in [-0.25, -0.2) is 4.98 Å². The predicted octanol–water partition coefficient (Wildman–Crippen LogP) is 5.33. The molecule has 0 spiro atoms. The van der Waals surface area contributed by atoms with E-state index in [0.717, 1.165) is 32.7 Å². The summed E-state index contributed by atoms with van der Waals surface area (Å²) in [7, 11) is 1.63. The number of halogens is 1. The standard InChI is InChI=1S/C23H19IN2O2S/c1-28-19-10-8-18(9-11-19)26-22(27)20-15-17(24)7-12-21(20)25-23(26)29-14-13-16-5-3-2-4-6-16/h2-12,15H,13-14H2,1H3. The highest BCUT2D eigenvalue weighted by atomic mass is 127. The third-order valence-electron chi connectivity index (χ3n) is 4.59. The normalized spacial score (nSPS) is 11.0. The van der Waals surface area contributed by atoms with Crippen LogP contribution in [0.2, 0.25) is 0 Å². The molecule has 4 rings (SSSR count). The molecule has 0 atom stereocenters. The number of hydrogen-bond donors (Lipinski definition) is 0. The Hall–Kier alpha value is -2.32. The monoisotopic (exact) mass is 514 g/mol. The van der Waals surface area contributed by atoms with Crippen LogP contribution < -0.4 is 10.3 Å². The van der Waals surface area contributed by atoms with E-state index < -0.39 is 0 Å². The van der Waals surface area contributed by atoms with Gasteiger partial charge < -0.3 is 4.74 Å². The second-order valence-corrected chi connectivity index (χ2v) is 8.79. The van der Waals surface area contributed by atoms with Gasteiger partial charge in [0.15, 0.2) is 5.16 Å². The molecule has 0 radical (unpaired) electrons. The molecular weight excluding hydrogens is 495 g/mol. The first kappa shape index (κ1) is 20.0. The second-order valence-electron chi connectivity index (χ2n) is 6.48. The van der Waals surface area contributed by atoms with E-state index in [1.807, 2.05) is 60.7 Å². The van der Waals surface area contributed by atoms with E-state index in [-0.39, 0.29) is 5.56 Å². The quantitative estimate of drug-likeness (QED) is 0.198. The van der Waals surface area contributed by atoms with Gasteiger partial charge in [-0.3, -0.25) is 9.36 Å². The van der Waals surface area contributed by atoms with E-state index >= 15 is 0 Å². The maximum Gasteiger partial charge on any atom is 0.266 e. The van der Waals surface area contributed by atoms with Gasteiger partial charge in [-0.2, -0.15) is 0 Å². The van der Waals surface area contributed by atoms with E-state index in [4.69, 9.17) is 9.72 Å². The van der Waals surface area contributed by atoms with Crippen LogP contribution >= 0.6 is 34.4 Å². The molecule has 0 aliphatic rings. The Balaban J connectivity index is 1.76. The first-order chi connectivity index (χ1) is 14.2. The summed E-state index contributed by atoms with van der Waals surface area (Å²) < 4.78 is 7.97. The van der Waals surface area contributed by atoms with Crippen molar-refractivity contribution in [2.75, 3.05) is 12.9 Å². The Morgan fingerprint density at radius 1 is 1.03 bits per heavy atom. The largest absolute Gasteiger partial charge is 0.497 e. The summed E-state index contributed by atoms with van der Waals surface area (Å²) in [6.45, 7) is 0. The highest BCUT2D eigenvalue weighted by Gasteiger charge is 2.14. The molecule has 146 valence electrons. The number of thioether (sulfide) groups is 1. The van der Waals surface area contributed by atoms with Gasteiger partial charge in [0.25, 0.3) is 5.56 Å². The average molecular weight is 514 g/mol. The molecular formula is C23H19IN2O2S. The number of aryl methyl sites for hydroxylation is 1. The third-order valence-corrected chi connectivity index (χ3v) is 6.21. The van der Waals surface area contributed by atoms with Gasteiger partial charge in [0.05, 0.1) is 23.7 Å². The summed E-state index contributed by atoms with van der Waals surface area (Å²) in [6, 6.07) is 23.6. The van der Waals surface area contributed by atoms with Crippen LogP contribution in [0, 0.1) is 3.57 Å². The first-order valence-electron chi connectivity index (χ1n) is 9.19. The molecule has 6 heteroatoms. The number of ether oxygens (including phenoxy) is 1. The van der Waals surface area contributed by atoms with Crippen LogP contribution in [-0.2, 0) is 6.42 Å². The topological polar surface area (TPSA) is 44.1 Å². The lowest BCUT2D eigenvalue weighted by molar-refractivity contribution is 0.414. The fraction of sp³-hybridized carbons (Fsp3) is 0.130. The molecule has 0 bridgehead atoms. The van der Waals surface area contributed by atoms with Crippen molar-refractivity contribution in [1.29, 1.82) is 0 Å². The van der Waals surface area contributed by atoms with Crippen molar-refractivity contribution >= 4 is 45.3 Å². The second kappa shape index (κ2) is 9.00. The summed E-state index contributed by atoms with van der Waals surface area (Å²) in [5, 5.41) is 1.32. The Morgan fingerprint density at radius 3 is 2.52 bits per heavy atom. The van der Waals surface area contributed by atoms with Gasteiger partial charge in [0, 0.05) is 9.32 Å². The molecule has 4 aromatic rings. The van der Waals surface area contributed by atoms with Gasteiger partial charge in [-0.15, -0.1) is 0 Å². The van der Waals surface area contributed by atoms with Crippen LogP contribution in [0.5, 0.6) is 5.75 Å². The van der Waals surface area contributed by atoms with Crippen LogP contribution in [0.15, 0.2) is 82.7 Å². The van der Waals surface area contributed by atoms with E-state index in [2.05, 4.69) is 34.7 Å². The van der Waals surface area contributed by atoms with Crippen molar-refractivity contribution < 1.29 is 4.74 Å². The van der Waals surface area contributed by atoms with Crippen LogP contribution in [0.4, 0.5) is 0 Å². The number of nitrogens with zero attached hydrogens (tertiary/aromatic N) is 2. The molecule has 0 fully saturated rings. The molecule has 29 heavy (non-hydrogen) atoms. The predicted molar refractivity (Wildman–Crippen MR) is 127 cm³/mol. The molecule has 1 aromatic heterocycles. The Morgan fingerprint density at radius 2 is 1.79 bits per heavy atom. The zero-order chi connectivity index (χ0) is 20.2. The van der Waals surface area contributed by atoms with Gasteiger partial charge in [0.2, 0.25) is 0 Å². The first-order valence-corrected chi connectivity index (χ1v) is 11.3. The van der Waals surface area contributed by atoms with Crippen molar-refractivity contribution in [3.63, 3.8) is 0 Å². The Bertz CT molecular complexity index is 1190. The van der Waals surface area contributed by atoms with Crippen molar-refractivity contribution in [1.82, 2.24) is 9.55 Å². The van der Waals surface area contributed by atoms with Crippen LogP contribution in [0.1, 0.15) is 5.56 Å². The molecule has 4 nitrogen and oxygen atoms in total. The summed E-state index contributed by atoms with van der Waals surface area (Å²) in [4.78, 5) is 18.2. The van der Waals surface area contributed by atoms with Crippen molar-refractivity contribution in [3.8, 4) is 11.4 Å². The van der Waals surface area contributed by atoms with Crippen LogP contribution in [0.25, 0.3) is 16.6 Å². The maximum atomic E-state index is 13.4. The van der Waals surface area contributed by atoms with Crippen molar-refractivity contribution in [3.05, 3.63) is 92.3 Å². The zero-order valence-electron chi connectivity index (χ0n) is 15.8. The molecule has 0 N–H and O–H groups in total. The molecule has 0 aliphatic heterocycles. The minimum absolute atomic E-state index is 0.0547. The molecule has 1 heterocycles. The minimum atomic E-state index is -0.0547. The number of hydrogen-bond acceptors (Lipinski definition) is 4. The SMILES string of the molecule is COc1ccc(-n2c(SCCc3ccccc3)nc3ccc(I)cc3c2=O)cc1. The molecule has 0 amide bonds. The fourth-order valence-electron chi connectivity index (χ4n) is 3.10. The van der Waals surface area contributed by atoms with Gasteiger partial charge in [-0.1, -0.05) is 42.1 Å². The zero-order valence-corrected chi connectivity index (χ0v) is 18.8. The lowest BCUT2D eigenvalue weighted by Gasteiger charge is -2.14. The maximum absolute atomic E-state index is 13.4. The highest BCUT2D eigenvalue weighted by molar-refractivity contribution is 14.1. The number of methoxy groups -OCH3 is 1. The van der Waals surface area contributed by atoms with Crippen LogP contribution in [0.3, 0.4) is 0 Å². The molecule has 0 aliphatic carbocycles. The molecule has 3 aromatic carbocycles. The van der Waals surface area contributed by atoms with E-state index in [0.29, 0.717) is 10.5 Å². The van der Waals surface area contributed by atoms with E-state index in [9.17, 15) is 4.79 Å². The number of rotatable bonds is 6. The lowest BCUT2D eigenvalue weighted by Crippen LogP contribution is -2.22. The smallest absolute Gasteiger partial charge is 0.266 e. The molecule has 0 saturated heterocycles. The lowest BCUT2D eigenvalue weighted by atomic mass is 10.2. The van der Waals surface area contributed by atoms with Gasteiger partial charge >= 0.3 is 0 Å². The van der Waals surface area contributed by atoms with E-state index in [1.54, 1.807) is 23.4 Å². The average Bonchev–Trinajstić information content (AvgIpc) is 2.75. The van der Waals surface area contributed by atoms with Gasteiger partial charge in [-0.05, 0) is 77.0 Å².